The van der Waals surface area contributed by atoms with Crippen LogP contribution >= 0.6 is 27.3 Å². The van der Waals surface area contributed by atoms with Crippen LogP contribution in [0.25, 0.3) is 10.2 Å². The summed E-state index contributed by atoms with van der Waals surface area (Å²) >= 11 is 5.26. The lowest BCUT2D eigenvalue weighted by Crippen LogP contribution is -2.36. The number of hydrogen-bond acceptors (Lipinski definition) is 5. The van der Waals surface area contributed by atoms with E-state index in [9.17, 15) is 0 Å². The number of morpholine rings is 1. The fraction of sp³-hybridized carbons (Fsp3) is 0.417. The SMILES string of the molecule is COc1ccc(Br)c2sc(N3CCOCC3)nc12. The third-order valence-electron chi connectivity index (χ3n) is 2.95. The maximum Gasteiger partial charge on any atom is 0.186 e. The molecule has 4 nitrogen and oxygen atoms in total. The fourth-order valence-corrected chi connectivity index (χ4v) is 3.60. The second-order valence-corrected chi connectivity index (χ2v) is 5.86. The van der Waals surface area contributed by atoms with Crippen molar-refractivity contribution in [3.63, 3.8) is 0 Å². The van der Waals surface area contributed by atoms with Gasteiger partial charge in [-0.15, -0.1) is 0 Å². The Hall–Kier alpha value is -0.850. The number of anilines is 1. The summed E-state index contributed by atoms with van der Waals surface area (Å²) in [6.07, 6.45) is 0. The van der Waals surface area contributed by atoms with Gasteiger partial charge in [0.15, 0.2) is 5.13 Å². The summed E-state index contributed by atoms with van der Waals surface area (Å²) in [4.78, 5) is 6.97. The van der Waals surface area contributed by atoms with Crippen LogP contribution in [-0.4, -0.2) is 38.4 Å². The molecule has 0 bridgehead atoms. The number of methoxy groups -OCH3 is 1. The number of benzene rings is 1. The van der Waals surface area contributed by atoms with Crippen molar-refractivity contribution in [2.24, 2.45) is 0 Å². The molecule has 6 heteroatoms. The molecule has 2 aromatic rings. The lowest BCUT2D eigenvalue weighted by molar-refractivity contribution is 0.122. The van der Waals surface area contributed by atoms with E-state index in [4.69, 9.17) is 14.5 Å². The normalized spacial score (nSPS) is 16.2. The van der Waals surface area contributed by atoms with Gasteiger partial charge >= 0.3 is 0 Å². The number of rotatable bonds is 2. The minimum atomic E-state index is 0.772. The Labute approximate surface area is 118 Å². The third-order valence-corrected chi connectivity index (χ3v) is 5.02. The van der Waals surface area contributed by atoms with Crippen molar-refractivity contribution in [2.75, 3.05) is 38.3 Å². The summed E-state index contributed by atoms with van der Waals surface area (Å²) in [5.41, 5.74) is 0.929. The van der Waals surface area contributed by atoms with Crippen LogP contribution in [0.1, 0.15) is 0 Å². The average Bonchev–Trinajstić information content (AvgIpc) is 2.86. The number of nitrogens with zero attached hydrogens (tertiary/aromatic N) is 2. The summed E-state index contributed by atoms with van der Waals surface area (Å²) in [5, 5.41) is 1.04. The van der Waals surface area contributed by atoms with Gasteiger partial charge in [0.05, 0.1) is 25.0 Å². The minimum absolute atomic E-state index is 0.772. The zero-order valence-electron chi connectivity index (χ0n) is 9.98. The first-order chi connectivity index (χ1) is 8.79. The summed E-state index contributed by atoms with van der Waals surface area (Å²) < 4.78 is 12.9. The van der Waals surface area contributed by atoms with Gasteiger partial charge in [0.25, 0.3) is 0 Å². The summed E-state index contributed by atoms with van der Waals surface area (Å²) in [7, 11) is 1.68. The van der Waals surface area contributed by atoms with Crippen LogP contribution in [0.5, 0.6) is 5.75 Å². The van der Waals surface area contributed by atoms with Gasteiger partial charge in [-0.05, 0) is 28.1 Å². The highest BCUT2D eigenvalue weighted by Crippen LogP contribution is 2.38. The molecule has 1 saturated heterocycles. The molecule has 1 fully saturated rings. The van der Waals surface area contributed by atoms with Crippen LogP contribution in [-0.2, 0) is 4.74 Å². The standard InChI is InChI=1S/C12H13BrN2O2S/c1-16-9-3-2-8(13)11-10(9)14-12(18-11)15-4-6-17-7-5-15/h2-3H,4-7H2,1H3. The van der Waals surface area contributed by atoms with Crippen molar-refractivity contribution in [3.8, 4) is 5.75 Å². The van der Waals surface area contributed by atoms with Crippen LogP contribution in [0.2, 0.25) is 0 Å². The maximum absolute atomic E-state index is 5.37. The molecule has 0 spiro atoms. The molecule has 1 aliphatic rings. The number of ether oxygens (including phenoxy) is 2. The number of thiazole rings is 1. The molecule has 0 saturated carbocycles. The summed E-state index contributed by atoms with van der Waals surface area (Å²) in [5.74, 6) is 0.823. The van der Waals surface area contributed by atoms with E-state index in [2.05, 4.69) is 20.8 Å². The van der Waals surface area contributed by atoms with Gasteiger partial charge in [-0.2, -0.15) is 0 Å². The molecule has 0 unspecified atom stereocenters. The highest BCUT2D eigenvalue weighted by atomic mass is 79.9. The highest BCUT2D eigenvalue weighted by Gasteiger charge is 2.18. The molecule has 1 aromatic heterocycles. The Bertz CT molecular complexity index is 566. The number of aromatic nitrogens is 1. The first-order valence-electron chi connectivity index (χ1n) is 5.75. The zero-order chi connectivity index (χ0) is 12.5. The largest absolute Gasteiger partial charge is 0.494 e. The highest BCUT2D eigenvalue weighted by molar-refractivity contribution is 9.10. The summed E-state index contributed by atoms with van der Waals surface area (Å²) in [6.45, 7) is 3.35. The molecule has 2 heterocycles. The number of fused-ring (bicyclic) bond motifs is 1. The van der Waals surface area contributed by atoms with Crippen molar-refractivity contribution in [3.05, 3.63) is 16.6 Å². The molecule has 0 aliphatic carbocycles. The topological polar surface area (TPSA) is 34.6 Å². The van der Waals surface area contributed by atoms with E-state index >= 15 is 0 Å². The molecule has 0 atom stereocenters. The minimum Gasteiger partial charge on any atom is -0.494 e. The van der Waals surface area contributed by atoms with Crippen LogP contribution in [0, 0.1) is 0 Å². The molecule has 0 radical (unpaired) electrons. The maximum atomic E-state index is 5.37. The van der Waals surface area contributed by atoms with Gasteiger partial charge in [0.2, 0.25) is 0 Å². The Balaban J connectivity index is 2.06. The lowest BCUT2D eigenvalue weighted by atomic mass is 10.3. The molecule has 1 aliphatic heterocycles. The Morgan fingerprint density at radius 1 is 1.39 bits per heavy atom. The van der Waals surface area contributed by atoms with Crippen LogP contribution in [0.4, 0.5) is 5.13 Å². The third kappa shape index (κ3) is 2.08. The van der Waals surface area contributed by atoms with Gasteiger partial charge in [-0.1, -0.05) is 11.3 Å². The smallest absolute Gasteiger partial charge is 0.186 e. The van der Waals surface area contributed by atoms with Crippen molar-refractivity contribution in [1.29, 1.82) is 0 Å². The quantitative estimate of drug-likeness (QED) is 0.849. The molecule has 1 aromatic carbocycles. The molecular weight excluding hydrogens is 316 g/mol. The van der Waals surface area contributed by atoms with Crippen LogP contribution < -0.4 is 9.64 Å². The van der Waals surface area contributed by atoms with E-state index in [1.54, 1.807) is 18.4 Å². The van der Waals surface area contributed by atoms with E-state index in [1.165, 1.54) is 0 Å². The number of halogens is 1. The molecule has 96 valence electrons. The molecule has 18 heavy (non-hydrogen) atoms. The predicted octanol–water partition coefficient (Wildman–Crippen LogP) is 2.90. The Morgan fingerprint density at radius 2 is 2.17 bits per heavy atom. The molecule has 0 amide bonds. The van der Waals surface area contributed by atoms with Gasteiger partial charge < -0.3 is 14.4 Å². The van der Waals surface area contributed by atoms with Crippen molar-refractivity contribution in [2.45, 2.75) is 0 Å². The van der Waals surface area contributed by atoms with Crippen molar-refractivity contribution < 1.29 is 9.47 Å². The van der Waals surface area contributed by atoms with Crippen LogP contribution in [0.3, 0.4) is 0 Å². The van der Waals surface area contributed by atoms with E-state index in [-0.39, 0.29) is 0 Å². The van der Waals surface area contributed by atoms with E-state index < -0.39 is 0 Å². The average molecular weight is 329 g/mol. The van der Waals surface area contributed by atoms with E-state index in [0.29, 0.717) is 0 Å². The Kier molecular flexibility index (Phi) is 3.41. The lowest BCUT2D eigenvalue weighted by Gasteiger charge is -2.25. The second kappa shape index (κ2) is 5.03. The predicted molar refractivity (Wildman–Crippen MR) is 76.9 cm³/mol. The zero-order valence-corrected chi connectivity index (χ0v) is 12.4. The van der Waals surface area contributed by atoms with Gasteiger partial charge in [0, 0.05) is 17.6 Å². The number of hydrogen-bond donors (Lipinski definition) is 0. The fourth-order valence-electron chi connectivity index (χ4n) is 2.00. The van der Waals surface area contributed by atoms with E-state index in [1.807, 2.05) is 12.1 Å². The molecule has 0 N–H and O–H groups in total. The Morgan fingerprint density at radius 3 is 2.89 bits per heavy atom. The first-order valence-corrected chi connectivity index (χ1v) is 7.36. The van der Waals surface area contributed by atoms with Gasteiger partial charge in [-0.3, -0.25) is 0 Å². The summed E-state index contributed by atoms with van der Waals surface area (Å²) in [6, 6.07) is 3.94. The van der Waals surface area contributed by atoms with Crippen LogP contribution in [0.15, 0.2) is 16.6 Å². The first kappa shape index (κ1) is 12.2. The van der Waals surface area contributed by atoms with Gasteiger partial charge in [0.1, 0.15) is 11.3 Å². The molecular formula is C12H13BrN2O2S. The van der Waals surface area contributed by atoms with E-state index in [0.717, 1.165) is 51.9 Å². The van der Waals surface area contributed by atoms with Crippen molar-refractivity contribution in [1.82, 2.24) is 4.98 Å². The second-order valence-electron chi connectivity index (χ2n) is 4.02. The molecule has 3 rings (SSSR count). The van der Waals surface area contributed by atoms with Crippen molar-refractivity contribution >= 4 is 42.6 Å². The monoisotopic (exact) mass is 328 g/mol. The van der Waals surface area contributed by atoms with Gasteiger partial charge in [-0.25, -0.2) is 4.98 Å².